The molecular weight excluding hydrogens is 316 g/mol. The summed E-state index contributed by atoms with van der Waals surface area (Å²) in [7, 11) is 0.149. The van der Waals surface area contributed by atoms with Crippen molar-refractivity contribution in [1.82, 2.24) is 0 Å². The molecule has 2 rings (SSSR count). The van der Waals surface area contributed by atoms with Gasteiger partial charge in [-0.1, -0.05) is 20.8 Å². The van der Waals surface area contributed by atoms with Crippen LogP contribution in [0.3, 0.4) is 0 Å². The van der Waals surface area contributed by atoms with Crippen molar-refractivity contribution in [3.63, 3.8) is 0 Å². The Hall–Kier alpha value is 0.0969. The van der Waals surface area contributed by atoms with E-state index in [9.17, 15) is 5.11 Å². The minimum Gasteiger partial charge on any atom is -0.414 e. The highest BCUT2D eigenvalue weighted by Gasteiger charge is 2.41. The highest BCUT2D eigenvalue weighted by Crippen LogP contribution is 2.41. The summed E-state index contributed by atoms with van der Waals surface area (Å²) in [6, 6.07) is 0. The predicted octanol–water partition coefficient (Wildman–Crippen LogP) is 5.13. The molecule has 0 aromatic rings. The quantitative estimate of drug-likeness (QED) is 0.694. The Labute approximate surface area is 150 Å². The lowest BCUT2D eigenvalue weighted by Gasteiger charge is -2.42. The fourth-order valence-electron chi connectivity index (χ4n) is 4.19. The van der Waals surface area contributed by atoms with Crippen LogP contribution in [-0.2, 0) is 9.16 Å². The maximum Gasteiger partial charge on any atom is 0.192 e. The van der Waals surface area contributed by atoms with Crippen LogP contribution in [0.5, 0.6) is 0 Å². The average Bonchev–Trinajstić information content (AvgIpc) is 2.53. The van der Waals surface area contributed by atoms with E-state index in [1.807, 2.05) is 7.11 Å². The molecule has 0 saturated heterocycles. The number of hydrogen-bond acceptors (Lipinski definition) is 3. The molecule has 1 atom stereocenters. The van der Waals surface area contributed by atoms with E-state index < -0.39 is 8.32 Å². The third-order valence-corrected chi connectivity index (χ3v) is 11.5. The summed E-state index contributed by atoms with van der Waals surface area (Å²) >= 11 is 0. The maximum absolute atomic E-state index is 10.8. The Morgan fingerprint density at radius 2 is 1.25 bits per heavy atom. The van der Waals surface area contributed by atoms with Crippen molar-refractivity contribution in [2.75, 3.05) is 7.11 Å². The summed E-state index contributed by atoms with van der Waals surface area (Å²) in [6.45, 7) is 11.6. The zero-order valence-corrected chi connectivity index (χ0v) is 17.8. The standard InChI is InChI=1S/C20H40O3Si/c1-20(2,3)24(5,6)23-18-13-9-16(10-14-18)19(21)15-7-11-17(22-4)12-8-15/h15-19,21H,7-14H2,1-6H3. The normalized spacial score (nSPS) is 34.1. The van der Waals surface area contributed by atoms with Gasteiger partial charge in [0.1, 0.15) is 0 Å². The first kappa shape index (κ1) is 20.4. The van der Waals surface area contributed by atoms with Crippen LogP contribution in [0.1, 0.15) is 72.1 Å². The van der Waals surface area contributed by atoms with E-state index in [1.54, 1.807) is 0 Å². The molecule has 0 heterocycles. The lowest BCUT2D eigenvalue weighted by Crippen LogP contribution is -2.45. The van der Waals surface area contributed by atoms with Gasteiger partial charge in [-0.2, -0.15) is 0 Å². The van der Waals surface area contributed by atoms with Gasteiger partial charge >= 0.3 is 0 Å². The van der Waals surface area contributed by atoms with Crippen LogP contribution in [-0.4, -0.2) is 38.8 Å². The van der Waals surface area contributed by atoms with Crippen LogP contribution in [0.2, 0.25) is 18.1 Å². The second kappa shape index (κ2) is 8.19. The molecule has 0 bridgehead atoms. The van der Waals surface area contributed by atoms with E-state index in [1.165, 1.54) is 0 Å². The second-order valence-corrected chi connectivity index (χ2v) is 14.4. The average molecular weight is 357 g/mol. The Morgan fingerprint density at radius 1 is 0.833 bits per heavy atom. The molecule has 142 valence electrons. The van der Waals surface area contributed by atoms with E-state index in [0.29, 0.717) is 24.0 Å². The van der Waals surface area contributed by atoms with Crippen molar-refractivity contribution in [1.29, 1.82) is 0 Å². The number of aliphatic hydroxyl groups excluding tert-OH is 1. The van der Waals surface area contributed by atoms with E-state index in [2.05, 4.69) is 33.9 Å². The minimum atomic E-state index is -1.66. The van der Waals surface area contributed by atoms with E-state index >= 15 is 0 Å². The molecule has 0 aliphatic heterocycles. The fourth-order valence-corrected chi connectivity index (χ4v) is 5.61. The SMILES string of the molecule is COC1CCC(C(O)C2CCC(O[Si](C)(C)C(C)(C)C)CC2)CC1. The molecule has 1 N–H and O–H groups in total. The Bertz CT molecular complexity index is 375. The summed E-state index contributed by atoms with van der Waals surface area (Å²) < 4.78 is 12.0. The first-order valence-electron chi connectivity index (χ1n) is 10.0. The molecule has 2 fully saturated rings. The van der Waals surface area contributed by atoms with Crippen molar-refractivity contribution in [2.45, 2.75) is 109 Å². The number of methoxy groups -OCH3 is 1. The number of hydrogen-bond donors (Lipinski definition) is 1. The van der Waals surface area contributed by atoms with Crippen molar-refractivity contribution >= 4 is 8.32 Å². The summed E-state index contributed by atoms with van der Waals surface area (Å²) in [5, 5.41) is 11.1. The van der Waals surface area contributed by atoms with Crippen molar-refractivity contribution in [2.24, 2.45) is 11.8 Å². The summed E-state index contributed by atoms with van der Waals surface area (Å²) in [5.41, 5.74) is 0. The predicted molar refractivity (Wildman–Crippen MR) is 103 cm³/mol. The topological polar surface area (TPSA) is 38.7 Å². The van der Waals surface area contributed by atoms with Gasteiger partial charge in [0.05, 0.1) is 12.2 Å². The molecule has 0 spiro atoms. The van der Waals surface area contributed by atoms with Crippen LogP contribution >= 0.6 is 0 Å². The molecule has 2 aliphatic carbocycles. The maximum atomic E-state index is 10.8. The van der Waals surface area contributed by atoms with Gasteiger partial charge in [0.2, 0.25) is 0 Å². The van der Waals surface area contributed by atoms with Crippen LogP contribution in [0.4, 0.5) is 0 Å². The zero-order valence-electron chi connectivity index (χ0n) is 16.8. The van der Waals surface area contributed by atoms with Gasteiger partial charge in [0, 0.05) is 13.2 Å². The van der Waals surface area contributed by atoms with Gasteiger partial charge in [-0.25, -0.2) is 0 Å². The molecular formula is C20H40O3Si. The van der Waals surface area contributed by atoms with Crippen LogP contribution in [0.25, 0.3) is 0 Å². The third kappa shape index (κ3) is 5.06. The molecule has 2 aliphatic rings. The molecule has 3 nitrogen and oxygen atoms in total. The lowest BCUT2D eigenvalue weighted by molar-refractivity contribution is -0.0221. The summed E-state index contributed by atoms with van der Waals surface area (Å²) in [5.74, 6) is 0.965. The molecule has 2 saturated carbocycles. The highest BCUT2D eigenvalue weighted by molar-refractivity contribution is 6.74. The van der Waals surface area contributed by atoms with Crippen LogP contribution in [0, 0.1) is 11.8 Å². The van der Waals surface area contributed by atoms with E-state index in [-0.39, 0.29) is 11.1 Å². The van der Waals surface area contributed by atoms with E-state index in [4.69, 9.17) is 9.16 Å². The Balaban J connectivity index is 1.78. The molecule has 0 aromatic carbocycles. The monoisotopic (exact) mass is 356 g/mol. The van der Waals surface area contributed by atoms with Gasteiger partial charge in [0.25, 0.3) is 0 Å². The molecule has 1 unspecified atom stereocenters. The smallest absolute Gasteiger partial charge is 0.192 e. The summed E-state index contributed by atoms with van der Waals surface area (Å²) in [6.07, 6.45) is 9.71. The zero-order chi connectivity index (χ0) is 18.0. The second-order valence-electron chi connectivity index (χ2n) is 9.68. The molecule has 0 radical (unpaired) electrons. The molecule has 0 amide bonds. The van der Waals surface area contributed by atoms with Crippen molar-refractivity contribution < 1.29 is 14.3 Å². The largest absolute Gasteiger partial charge is 0.414 e. The van der Waals surface area contributed by atoms with Gasteiger partial charge in [-0.3, -0.25) is 0 Å². The molecule has 0 aromatic heterocycles. The van der Waals surface area contributed by atoms with E-state index in [0.717, 1.165) is 51.4 Å². The summed E-state index contributed by atoms with van der Waals surface area (Å²) in [4.78, 5) is 0. The van der Waals surface area contributed by atoms with Gasteiger partial charge < -0.3 is 14.3 Å². The lowest BCUT2D eigenvalue weighted by atomic mass is 9.74. The number of aliphatic hydroxyl groups is 1. The van der Waals surface area contributed by atoms with Crippen molar-refractivity contribution in [3.05, 3.63) is 0 Å². The van der Waals surface area contributed by atoms with Gasteiger partial charge in [0.15, 0.2) is 8.32 Å². The van der Waals surface area contributed by atoms with Gasteiger partial charge in [-0.15, -0.1) is 0 Å². The Morgan fingerprint density at radius 3 is 1.62 bits per heavy atom. The number of ether oxygens (including phenoxy) is 1. The van der Waals surface area contributed by atoms with Crippen molar-refractivity contribution in [3.8, 4) is 0 Å². The first-order valence-corrected chi connectivity index (χ1v) is 12.9. The highest BCUT2D eigenvalue weighted by atomic mass is 28.4. The molecule has 24 heavy (non-hydrogen) atoms. The number of rotatable bonds is 5. The third-order valence-electron chi connectivity index (χ3n) is 7.00. The fraction of sp³-hybridized carbons (Fsp3) is 1.00. The van der Waals surface area contributed by atoms with Crippen LogP contribution < -0.4 is 0 Å². The Kier molecular flexibility index (Phi) is 6.97. The molecule has 4 heteroatoms. The van der Waals surface area contributed by atoms with Crippen LogP contribution in [0.15, 0.2) is 0 Å². The first-order chi connectivity index (χ1) is 11.1. The van der Waals surface area contributed by atoms with Gasteiger partial charge in [-0.05, 0) is 81.3 Å². The minimum absolute atomic E-state index is 0.114.